The minimum atomic E-state index is -0.441. The van der Waals surface area contributed by atoms with Gasteiger partial charge in [-0.2, -0.15) is 9.97 Å². The van der Waals surface area contributed by atoms with Gasteiger partial charge in [-0.05, 0) is 12.1 Å². The molecule has 4 aromatic rings. The number of imidazole rings is 1. The highest BCUT2D eigenvalue weighted by Gasteiger charge is 2.34. The Balaban J connectivity index is 1.56. The number of aromatic nitrogens is 3. The average molecular weight is 424 g/mol. The molecule has 8 heteroatoms. The summed E-state index contributed by atoms with van der Waals surface area (Å²) in [4.78, 5) is 34.2. The van der Waals surface area contributed by atoms with E-state index < -0.39 is 11.6 Å². The summed E-state index contributed by atoms with van der Waals surface area (Å²) in [5.74, 6) is -0.0531. The van der Waals surface area contributed by atoms with E-state index in [1.807, 2.05) is 37.4 Å². The number of fused-ring (bicyclic) bond motifs is 2. The minimum Gasteiger partial charge on any atom is -0.417 e. The van der Waals surface area contributed by atoms with Gasteiger partial charge in [0.05, 0.1) is 15.6 Å². The summed E-state index contributed by atoms with van der Waals surface area (Å²) in [5, 5.41) is 0.430. The summed E-state index contributed by atoms with van der Waals surface area (Å²) in [6.07, 6.45) is 1.33. The van der Waals surface area contributed by atoms with Gasteiger partial charge in [0.2, 0.25) is 11.5 Å². The van der Waals surface area contributed by atoms with Gasteiger partial charge >= 0.3 is 0 Å². The first-order valence-electron chi connectivity index (χ1n) is 8.63. The van der Waals surface area contributed by atoms with Crippen LogP contribution in [0.4, 0.5) is 0 Å². The van der Waals surface area contributed by atoms with E-state index in [1.165, 1.54) is 18.2 Å². The molecule has 0 aliphatic heterocycles. The maximum absolute atomic E-state index is 12.7. The molecule has 0 saturated carbocycles. The van der Waals surface area contributed by atoms with Gasteiger partial charge in [0.15, 0.2) is 11.6 Å². The van der Waals surface area contributed by atoms with Gasteiger partial charge in [0, 0.05) is 29.8 Å². The zero-order valence-electron chi connectivity index (χ0n) is 14.9. The lowest BCUT2D eigenvalue weighted by molar-refractivity contribution is 0.0990. The number of hydrogen-bond donors (Lipinski definition) is 0. The molecule has 0 N–H and O–H groups in total. The van der Waals surface area contributed by atoms with Gasteiger partial charge < -0.3 is 8.98 Å². The average Bonchev–Trinajstić information content (AvgIpc) is 3.32. The van der Waals surface area contributed by atoms with Gasteiger partial charge in [-0.25, -0.2) is 0 Å². The summed E-state index contributed by atoms with van der Waals surface area (Å²) >= 11 is 12.0. The molecule has 2 aromatic carbocycles. The van der Waals surface area contributed by atoms with Gasteiger partial charge in [0.1, 0.15) is 5.82 Å². The molecule has 2 heterocycles. The molecule has 1 aliphatic carbocycles. The Hall–Kier alpha value is -3.22. The summed E-state index contributed by atoms with van der Waals surface area (Å²) in [6, 6.07) is 12.4. The van der Waals surface area contributed by atoms with Crippen LogP contribution in [0.3, 0.4) is 0 Å². The molecular formula is C21H11Cl2N3O3. The number of oxazole rings is 1. The Morgan fingerprint density at radius 1 is 0.966 bits per heavy atom. The second kappa shape index (κ2) is 6.40. The van der Waals surface area contributed by atoms with E-state index in [0.717, 1.165) is 5.56 Å². The minimum absolute atomic E-state index is 0.0480. The normalized spacial score (nSPS) is 13.4. The molecule has 6 nitrogen and oxygen atoms in total. The Labute approximate surface area is 174 Å². The highest BCUT2D eigenvalue weighted by atomic mass is 35.5. The van der Waals surface area contributed by atoms with Crippen LogP contribution >= 0.6 is 23.2 Å². The smallest absolute Gasteiger partial charge is 0.267 e. The van der Waals surface area contributed by atoms with E-state index >= 15 is 0 Å². The molecule has 0 spiro atoms. The molecule has 0 amide bonds. The van der Waals surface area contributed by atoms with Crippen LogP contribution in [0.15, 0.2) is 52.5 Å². The highest BCUT2D eigenvalue weighted by Crippen LogP contribution is 2.34. The molecular weight excluding hydrogens is 413 g/mol. The fraction of sp³-hybridized carbons (Fsp3) is 0.0476. The number of nitrogens with zero attached hydrogens (tertiary/aromatic N) is 3. The van der Waals surface area contributed by atoms with Crippen LogP contribution in [0.1, 0.15) is 26.6 Å². The summed E-state index contributed by atoms with van der Waals surface area (Å²) in [7, 11) is 1.82. The van der Waals surface area contributed by atoms with E-state index in [-0.39, 0.29) is 32.6 Å². The number of ketones is 2. The SMILES string of the molecule is Cn1c(-c2ccccc2)nc2oc(C=C3C(=O)c4cc(Cl)c(Cl)cc4C3=O)nc21. The van der Waals surface area contributed by atoms with E-state index in [9.17, 15) is 9.59 Å². The second-order valence-corrected chi connectivity index (χ2v) is 7.38. The molecule has 142 valence electrons. The highest BCUT2D eigenvalue weighted by molar-refractivity contribution is 6.46. The third-order valence-electron chi connectivity index (χ3n) is 4.79. The number of benzene rings is 2. The first kappa shape index (κ1) is 17.8. The predicted octanol–water partition coefficient (Wildman–Crippen LogP) is 5.00. The second-order valence-electron chi connectivity index (χ2n) is 6.57. The lowest BCUT2D eigenvalue weighted by Crippen LogP contribution is -2.00. The number of rotatable bonds is 2. The van der Waals surface area contributed by atoms with Crippen molar-refractivity contribution in [1.82, 2.24) is 14.5 Å². The fourth-order valence-electron chi connectivity index (χ4n) is 3.36. The Kier molecular flexibility index (Phi) is 3.94. The van der Waals surface area contributed by atoms with Crippen molar-refractivity contribution in [2.24, 2.45) is 7.05 Å². The van der Waals surface area contributed by atoms with Crippen LogP contribution in [0.25, 0.3) is 28.8 Å². The lowest BCUT2D eigenvalue weighted by atomic mass is 10.1. The predicted molar refractivity (Wildman–Crippen MR) is 109 cm³/mol. The maximum Gasteiger partial charge on any atom is 0.267 e. The topological polar surface area (TPSA) is 78.0 Å². The van der Waals surface area contributed by atoms with Gasteiger partial charge in [-0.1, -0.05) is 53.5 Å². The first-order chi connectivity index (χ1) is 13.9. The van der Waals surface area contributed by atoms with E-state index in [2.05, 4.69) is 9.97 Å². The van der Waals surface area contributed by atoms with Crippen molar-refractivity contribution >= 4 is 52.2 Å². The van der Waals surface area contributed by atoms with Crippen molar-refractivity contribution in [3.8, 4) is 11.4 Å². The number of allylic oxidation sites excluding steroid dienone is 1. The summed E-state index contributed by atoms with van der Waals surface area (Å²) in [5.41, 5.74) is 2.14. The van der Waals surface area contributed by atoms with Gasteiger partial charge in [-0.3, -0.25) is 9.59 Å². The molecule has 0 saturated heterocycles. The molecule has 29 heavy (non-hydrogen) atoms. The standard InChI is InChI=1S/C21H11Cl2N3O3/c1-26-19(10-5-3-2-4-6-10)25-21-20(26)24-16(29-21)9-13-17(27)11-7-14(22)15(23)8-12(11)18(13)28/h2-9H,1H3. The van der Waals surface area contributed by atoms with Crippen molar-refractivity contribution < 1.29 is 14.0 Å². The lowest BCUT2D eigenvalue weighted by Gasteiger charge is -2.00. The summed E-state index contributed by atoms with van der Waals surface area (Å²) in [6.45, 7) is 0. The van der Waals surface area contributed by atoms with Crippen molar-refractivity contribution in [2.45, 2.75) is 0 Å². The zero-order valence-corrected chi connectivity index (χ0v) is 16.5. The van der Waals surface area contributed by atoms with Gasteiger partial charge in [0.25, 0.3) is 5.71 Å². The van der Waals surface area contributed by atoms with E-state index in [0.29, 0.717) is 17.2 Å². The third kappa shape index (κ3) is 2.72. The third-order valence-corrected chi connectivity index (χ3v) is 5.51. The fourth-order valence-corrected chi connectivity index (χ4v) is 3.69. The van der Waals surface area contributed by atoms with E-state index in [4.69, 9.17) is 27.6 Å². The molecule has 5 rings (SSSR count). The molecule has 0 unspecified atom stereocenters. The van der Waals surface area contributed by atoms with Crippen LogP contribution in [0.2, 0.25) is 10.0 Å². The molecule has 1 aliphatic rings. The quantitative estimate of drug-likeness (QED) is 0.334. The molecule has 0 radical (unpaired) electrons. The van der Waals surface area contributed by atoms with Crippen molar-refractivity contribution in [3.05, 3.63) is 75.1 Å². The van der Waals surface area contributed by atoms with Crippen molar-refractivity contribution in [1.29, 1.82) is 0 Å². The Morgan fingerprint density at radius 3 is 2.17 bits per heavy atom. The molecule has 0 bridgehead atoms. The number of halogens is 2. The first-order valence-corrected chi connectivity index (χ1v) is 9.38. The monoisotopic (exact) mass is 423 g/mol. The molecule has 0 atom stereocenters. The van der Waals surface area contributed by atoms with Crippen LogP contribution < -0.4 is 0 Å². The number of hydrogen-bond acceptors (Lipinski definition) is 5. The molecule has 0 fully saturated rings. The largest absolute Gasteiger partial charge is 0.417 e. The van der Waals surface area contributed by atoms with Crippen LogP contribution in [-0.2, 0) is 7.05 Å². The van der Waals surface area contributed by atoms with Crippen molar-refractivity contribution in [3.63, 3.8) is 0 Å². The summed E-state index contributed by atoms with van der Waals surface area (Å²) < 4.78 is 7.47. The molecule has 2 aromatic heterocycles. The van der Waals surface area contributed by atoms with Crippen LogP contribution in [-0.4, -0.2) is 26.1 Å². The van der Waals surface area contributed by atoms with Gasteiger partial charge in [-0.15, -0.1) is 0 Å². The van der Waals surface area contributed by atoms with Crippen LogP contribution in [0, 0.1) is 0 Å². The number of aryl methyl sites for hydroxylation is 1. The van der Waals surface area contributed by atoms with Crippen molar-refractivity contribution in [2.75, 3.05) is 0 Å². The number of carbonyl (C=O) groups is 2. The zero-order chi connectivity index (χ0) is 20.3. The van der Waals surface area contributed by atoms with E-state index in [1.54, 1.807) is 4.57 Å². The number of Topliss-reactive ketones (excluding diaryl/α,β-unsaturated/α-hetero) is 2. The Morgan fingerprint density at radius 2 is 1.59 bits per heavy atom. The maximum atomic E-state index is 12.7. The van der Waals surface area contributed by atoms with Crippen LogP contribution in [0.5, 0.6) is 0 Å². The number of carbonyl (C=O) groups excluding carboxylic acids is 2. The Bertz CT molecular complexity index is 1320.